The molecule has 18 heavy (non-hydrogen) atoms. The maximum Gasteiger partial charge on any atom is 0.324 e. The van der Waals surface area contributed by atoms with Gasteiger partial charge in [-0.15, -0.1) is 0 Å². The van der Waals surface area contributed by atoms with Crippen LogP contribution in [-0.4, -0.2) is 28.9 Å². The summed E-state index contributed by atoms with van der Waals surface area (Å²) in [5.41, 5.74) is -0.491. The summed E-state index contributed by atoms with van der Waals surface area (Å²) in [6, 6.07) is 0.966. The molecule has 0 bridgehead atoms. The lowest BCUT2D eigenvalue weighted by atomic mass is 10.3. The standard InChI is InChI=1S/C10H11F4N3O/c11-9(12)10(13,14)4-15-6-3-7(18)17-8(16-6)5-1-2-5/h3,5,9H,1-2,4H2,(H2,15,16,17,18). The molecular weight excluding hydrogens is 254 g/mol. The lowest BCUT2D eigenvalue weighted by molar-refractivity contribution is -0.117. The summed E-state index contributed by atoms with van der Waals surface area (Å²) in [5.74, 6) is -3.72. The first-order chi connectivity index (χ1) is 8.38. The molecule has 0 amide bonds. The van der Waals surface area contributed by atoms with Gasteiger partial charge in [0.2, 0.25) is 0 Å². The number of aromatic nitrogens is 2. The van der Waals surface area contributed by atoms with Crippen molar-refractivity contribution >= 4 is 5.82 Å². The van der Waals surface area contributed by atoms with E-state index in [1.165, 1.54) is 0 Å². The maximum absolute atomic E-state index is 12.7. The molecule has 1 fully saturated rings. The van der Waals surface area contributed by atoms with E-state index < -0.39 is 24.5 Å². The van der Waals surface area contributed by atoms with Crippen LogP contribution in [0.5, 0.6) is 0 Å². The van der Waals surface area contributed by atoms with Gasteiger partial charge in [0.1, 0.15) is 11.6 Å². The molecule has 0 atom stereocenters. The van der Waals surface area contributed by atoms with Crippen molar-refractivity contribution in [1.29, 1.82) is 0 Å². The first-order valence-electron chi connectivity index (χ1n) is 5.39. The Hall–Kier alpha value is -1.60. The lowest BCUT2D eigenvalue weighted by Gasteiger charge is -2.16. The number of nitrogens with zero attached hydrogens (tertiary/aromatic N) is 1. The number of rotatable bonds is 5. The first kappa shape index (κ1) is 12.8. The zero-order valence-corrected chi connectivity index (χ0v) is 9.22. The van der Waals surface area contributed by atoms with Crippen molar-refractivity contribution < 1.29 is 17.6 Å². The zero-order chi connectivity index (χ0) is 13.3. The van der Waals surface area contributed by atoms with Crippen LogP contribution >= 0.6 is 0 Å². The zero-order valence-electron chi connectivity index (χ0n) is 9.22. The first-order valence-corrected chi connectivity index (χ1v) is 5.39. The van der Waals surface area contributed by atoms with E-state index in [0.29, 0.717) is 5.82 Å². The van der Waals surface area contributed by atoms with Crippen LogP contribution in [0.15, 0.2) is 10.9 Å². The fraction of sp³-hybridized carbons (Fsp3) is 0.600. The number of aromatic amines is 1. The number of H-pyrrole nitrogens is 1. The van der Waals surface area contributed by atoms with Crippen molar-refractivity contribution in [2.75, 3.05) is 11.9 Å². The second-order valence-electron chi connectivity index (χ2n) is 4.21. The summed E-state index contributed by atoms with van der Waals surface area (Å²) < 4.78 is 49.2. The highest BCUT2D eigenvalue weighted by atomic mass is 19.3. The molecule has 0 aromatic carbocycles. The average Bonchev–Trinajstić information content (AvgIpc) is 3.09. The van der Waals surface area contributed by atoms with Crippen LogP contribution in [0.3, 0.4) is 0 Å². The van der Waals surface area contributed by atoms with Crippen LogP contribution in [-0.2, 0) is 0 Å². The summed E-state index contributed by atoms with van der Waals surface area (Å²) >= 11 is 0. The monoisotopic (exact) mass is 265 g/mol. The number of anilines is 1. The molecule has 0 saturated heterocycles. The summed E-state index contributed by atoms with van der Waals surface area (Å²) in [4.78, 5) is 17.6. The minimum atomic E-state index is -4.15. The molecule has 1 aromatic rings. The topological polar surface area (TPSA) is 57.8 Å². The van der Waals surface area contributed by atoms with Gasteiger partial charge in [-0.2, -0.15) is 8.78 Å². The van der Waals surface area contributed by atoms with Crippen molar-refractivity contribution in [3.05, 3.63) is 22.2 Å². The molecule has 8 heteroatoms. The molecule has 1 heterocycles. The summed E-state index contributed by atoms with van der Waals surface area (Å²) in [6.45, 7) is -1.26. The van der Waals surface area contributed by atoms with Crippen molar-refractivity contribution in [2.45, 2.75) is 31.1 Å². The third kappa shape index (κ3) is 2.99. The molecule has 1 aromatic heterocycles. The molecule has 0 spiro atoms. The Balaban J connectivity index is 2.07. The Morgan fingerprint density at radius 3 is 2.72 bits per heavy atom. The highest BCUT2D eigenvalue weighted by Crippen LogP contribution is 2.37. The smallest absolute Gasteiger partial charge is 0.324 e. The van der Waals surface area contributed by atoms with Crippen molar-refractivity contribution in [3.8, 4) is 0 Å². The molecule has 2 N–H and O–H groups in total. The van der Waals surface area contributed by atoms with Crippen molar-refractivity contribution in [2.24, 2.45) is 0 Å². The number of halogens is 4. The summed E-state index contributed by atoms with van der Waals surface area (Å²) in [6.07, 6.45) is -2.01. The lowest BCUT2D eigenvalue weighted by Crippen LogP contribution is -2.35. The fourth-order valence-electron chi connectivity index (χ4n) is 1.40. The molecule has 1 saturated carbocycles. The summed E-state index contributed by atoms with van der Waals surface area (Å²) in [5, 5.41) is 2.07. The van der Waals surface area contributed by atoms with E-state index in [2.05, 4.69) is 15.3 Å². The largest absolute Gasteiger partial charge is 0.364 e. The second-order valence-corrected chi connectivity index (χ2v) is 4.21. The van der Waals surface area contributed by atoms with Gasteiger partial charge >= 0.3 is 12.3 Å². The van der Waals surface area contributed by atoms with E-state index in [9.17, 15) is 22.4 Å². The van der Waals surface area contributed by atoms with E-state index in [4.69, 9.17) is 0 Å². The van der Waals surface area contributed by atoms with Crippen LogP contribution < -0.4 is 10.9 Å². The molecule has 100 valence electrons. The van der Waals surface area contributed by atoms with Gasteiger partial charge in [-0.25, -0.2) is 13.8 Å². The molecular formula is C10H11F4N3O. The van der Waals surface area contributed by atoms with Gasteiger partial charge in [0.15, 0.2) is 0 Å². The Morgan fingerprint density at radius 2 is 2.17 bits per heavy atom. The Bertz CT molecular complexity index is 484. The van der Waals surface area contributed by atoms with Gasteiger partial charge in [-0.1, -0.05) is 0 Å². The highest BCUT2D eigenvalue weighted by Gasteiger charge is 2.40. The van der Waals surface area contributed by atoms with Crippen molar-refractivity contribution in [1.82, 2.24) is 9.97 Å². The molecule has 0 unspecified atom stereocenters. The van der Waals surface area contributed by atoms with Crippen LogP contribution in [0.4, 0.5) is 23.4 Å². The number of nitrogens with one attached hydrogen (secondary N) is 2. The molecule has 2 rings (SSSR count). The quantitative estimate of drug-likeness (QED) is 0.800. The van der Waals surface area contributed by atoms with Gasteiger partial charge in [-0.3, -0.25) is 4.79 Å². The third-order valence-corrected chi connectivity index (χ3v) is 2.55. The minimum Gasteiger partial charge on any atom is -0.364 e. The average molecular weight is 265 g/mol. The normalized spacial score (nSPS) is 16.1. The van der Waals surface area contributed by atoms with Gasteiger partial charge < -0.3 is 10.3 Å². The van der Waals surface area contributed by atoms with E-state index in [1.807, 2.05) is 0 Å². The van der Waals surface area contributed by atoms with E-state index >= 15 is 0 Å². The SMILES string of the molecule is O=c1cc(NCC(F)(F)C(F)F)nc(C2CC2)[nH]1. The second kappa shape index (κ2) is 4.58. The van der Waals surface area contributed by atoms with Crippen LogP contribution in [0, 0.1) is 0 Å². The summed E-state index contributed by atoms with van der Waals surface area (Å²) in [7, 11) is 0. The Kier molecular flexibility index (Phi) is 3.27. The van der Waals surface area contributed by atoms with Crippen LogP contribution in [0.2, 0.25) is 0 Å². The van der Waals surface area contributed by atoms with E-state index in [1.54, 1.807) is 0 Å². The van der Waals surface area contributed by atoms with Gasteiger partial charge in [0, 0.05) is 12.0 Å². The predicted molar refractivity (Wildman–Crippen MR) is 56.3 cm³/mol. The number of alkyl halides is 4. The van der Waals surface area contributed by atoms with E-state index in [0.717, 1.165) is 18.9 Å². The fourth-order valence-corrected chi connectivity index (χ4v) is 1.40. The maximum atomic E-state index is 12.7. The molecule has 1 aliphatic rings. The predicted octanol–water partition coefficient (Wildman–Crippen LogP) is 1.96. The highest BCUT2D eigenvalue weighted by molar-refractivity contribution is 5.34. The number of hydrogen-bond acceptors (Lipinski definition) is 3. The number of hydrogen-bond donors (Lipinski definition) is 2. The van der Waals surface area contributed by atoms with Gasteiger partial charge in [0.25, 0.3) is 5.56 Å². The van der Waals surface area contributed by atoms with E-state index in [-0.39, 0.29) is 11.7 Å². The Labute approximate surface area is 99.4 Å². The molecule has 0 aliphatic heterocycles. The minimum absolute atomic E-state index is 0.110. The molecule has 4 nitrogen and oxygen atoms in total. The third-order valence-electron chi connectivity index (χ3n) is 2.55. The van der Waals surface area contributed by atoms with Gasteiger partial charge in [-0.05, 0) is 12.8 Å². The van der Waals surface area contributed by atoms with Crippen molar-refractivity contribution in [3.63, 3.8) is 0 Å². The van der Waals surface area contributed by atoms with Crippen LogP contribution in [0.1, 0.15) is 24.6 Å². The molecule has 0 radical (unpaired) electrons. The molecule has 1 aliphatic carbocycles. The van der Waals surface area contributed by atoms with Crippen LogP contribution in [0.25, 0.3) is 0 Å². The Morgan fingerprint density at radius 1 is 1.50 bits per heavy atom. The van der Waals surface area contributed by atoms with Gasteiger partial charge in [0.05, 0.1) is 6.54 Å².